The maximum atomic E-state index is 6.00. The molecule has 6 nitrogen and oxygen atoms in total. The highest BCUT2D eigenvalue weighted by Gasteiger charge is 2.18. The molecule has 1 atom stereocenters. The smallest absolute Gasteiger partial charge is 0.164 e. The van der Waals surface area contributed by atoms with Crippen molar-refractivity contribution in [1.29, 1.82) is 0 Å². The summed E-state index contributed by atoms with van der Waals surface area (Å²) in [5.41, 5.74) is 1.88. The summed E-state index contributed by atoms with van der Waals surface area (Å²) < 4.78 is 7.68. The van der Waals surface area contributed by atoms with Gasteiger partial charge in [0.2, 0.25) is 0 Å². The third-order valence-corrected chi connectivity index (χ3v) is 4.58. The standard InChI is InChI=1S/C16H17BrClN5O/c1-23-16-13(14(17)22-23)15(19-9-20-16)21-12(7-8-24-2)10-3-5-11(18)6-4-10/h3-6,9,12H,7-8H2,1-2H3,(H,19,20,21). The van der Waals surface area contributed by atoms with Crippen LogP contribution in [0.25, 0.3) is 11.0 Å². The van der Waals surface area contributed by atoms with Gasteiger partial charge in [0.25, 0.3) is 0 Å². The number of benzene rings is 1. The van der Waals surface area contributed by atoms with Crippen LogP contribution in [0.2, 0.25) is 5.02 Å². The molecule has 0 bridgehead atoms. The Balaban J connectivity index is 1.97. The second kappa shape index (κ2) is 7.46. The van der Waals surface area contributed by atoms with Crippen molar-refractivity contribution in [3.05, 3.63) is 45.8 Å². The molecular formula is C16H17BrClN5O. The Morgan fingerprint density at radius 3 is 2.75 bits per heavy atom. The lowest BCUT2D eigenvalue weighted by Gasteiger charge is -2.20. The van der Waals surface area contributed by atoms with Crippen LogP contribution in [0.3, 0.4) is 0 Å². The van der Waals surface area contributed by atoms with Gasteiger partial charge in [-0.1, -0.05) is 23.7 Å². The van der Waals surface area contributed by atoms with Gasteiger partial charge in [-0.2, -0.15) is 5.10 Å². The quantitative estimate of drug-likeness (QED) is 0.666. The van der Waals surface area contributed by atoms with Crippen molar-refractivity contribution in [2.75, 3.05) is 19.0 Å². The zero-order valence-corrected chi connectivity index (χ0v) is 15.7. The molecule has 0 aliphatic carbocycles. The van der Waals surface area contributed by atoms with E-state index in [4.69, 9.17) is 16.3 Å². The van der Waals surface area contributed by atoms with E-state index in [-0.39, 0.29) is 6.04 Å². The molecule has 1 unspecified atom stereocenters. The molecule has 126 valence electrons. The van der Waals surface area contributed by atoms with Crippen molar-refractivity contribution >= 4 is 44.4 Å². The molecule has 1 N–H and O–H groups in total. The molecule has 3 rings (SSSR count). The SMILES string of the molecule is COCCC(Nc1ncnc2c1c(Br)nn2C)c1ccc(Cl)cc1. The van der Waals surface area contributed by atoms with Crippen LogP contribution in [0, 0.1) is 0 Å². The molecular weight excluding hydrogens is 394 g/mol. The third kappa shape index (κ3) is 3.53. The zero-order valence-electron chi connectivity index (χ0n) is 13.3. The Kier molecular flexibility index (Phi) is 5.33. The number of nitrogens with zero attached hydrogens (tertiary/aromatic N) is 4. The minimum atomic E-state index is 0.0347. The van der Waals surface area contributed by atoms with Gasteiger partial charge in [0.1, 0.15) is 16.7 Å². The van der Waals surface area contributed by atoms with Crippen LogP contribution in [0.4, 0.5) is 5.82 Å². The van der Waals surface area contributed by atoms with Crippen LogP contribution in [0.15, 0.2) is 35.2 Å². The number of methoxy groups -OCH3 is 1. The molecule has 0 amide bonds. The fraction of sp³-hybridized carbons (Fsp3) is 0.312. The molecule has 0 spiro atoms. The van der Waals surface area contributed by atoms with E-state index < -0.39 is 0 Å². The topological polar surface area (TPSA) is 64.9 Å². The minimum absolute atomic E-state index is 0.0347. The zero-order chi connectivity index (χ0) is 17.1. The van der Waals surface area contributed by atoms with Crippen LogP contribution in [-0.4, -0.2) is 33.5 Å². The van der Waals surface area contributed by atoms with Crippen molar-refractivity contribution < 1.29 is 4.74 Å². The highest BCUT2D eigenvalue weighted by molar-refractivity contribution is 9.10. The number of anilines is 1. The average molecular weight is 411 g/mol. The molecule has 0 aliphatic rings. The van der Waals surface area contributed by atoms with E-state index >= 15 is 0 Å². The van der Waals surface area contributed by atoms with Crippen molar-refractivity contribution in [1.82, 2.24) is 19.7 Å². The summed E-state index contributed by atoms with van der Waals surface area (Å²) in [7, 11) is 3.55. The molecule has 0 aliphatic heterocycles. The molecule has 2 aromatic heterocycles. The number of halogens is 2. The molecule has 8 heteroatoms. The van der Waals surface area contributed by atoms with E-state index in [0.717, 1.165) is 28.8 Å². The Bertz CT molecular complexity index is 836. The van der Waals surface area contributed by atoms with E-state index in [2.05, 4.69) is 36.3 Å². The van der Waals surface area contributed by atoms with Gasteiger partial charge in [-0.3, -0.25) is 0 Å². The molecule has 0 fully saturated rings. The summed E-state index contributed by atoms with van der Waals surface area (Å²) in [6.07, 6.45) is 2.33. The van der Waals surface area contributed by atoms with Crippen molar-refractivity contribution in [3.8, 4) is 0 Å². The first-order valence-electron chi connectivity index (χ1n) is 7.44. The van der Waals surface area contributed by atoms with E-state index in [1.165, 1.54) is 6.33 Å². The number of fused-ring (bicyclic) bond motifs is 1. The summed E-state index contributed by atoms with van der Waals surface area (Å²) in [6.45, 7) is 0.628. The van der Waals surface area contributed by atoms with Gasteiger partial charge in [-0.25, -0.2) is 14.6 Å². The molecule has 1 aromatic carbocycles. The van der Waals surface area contributed by atoms with Crippen LogP contribution >= 0.6 is 27.5 Å². The summed E-state index contributed by atoms with van der Waals surface area (Å²) >= 11 is 9.48. The summed E-state index contributed by atoms with van der Waals surface area (Å²) in [5, 5.41) is 9.41. The van der Waals surface area contributed by atoms with Crippen molar-refractivity contribution in [2.24, 2.45) is 7.05 Å². The summed E-state index contributed by atoms with van der Waals surface area (Å²) in [4.78, 5) is 8.69. The molecule has 3 aromatic rings. The van der Waals surface area contributed by atoms with Crippen molar-refractivity contribution in [2.45, 2.75) is 12.5 Å². The summed E-state index contributed by atoms with van der Waals surface area (Å²) in [5.74, 6) is 0.732. The second-order valence-electron chi connectivity index (χ2n) is 5.37. The monoisotopic (exact) mass is 409 g/mol. The Morgan fingerprint density at radius 2 is 2.04 bits per heavy atom. The highest BCUT2D eigenvalue weighted by atomic mass is 79.9. The van der Waals surface area contributed by atoms with Crippen LogP contribution in [-0.2, 0) is 11.8 Å². The Morgan fingerprint density at radius 1 is 1.29 bits per heavy atom. The minimum Gasteiger partial charge on any atom is -0.385 e. The van der Waals surface area contributed by atoms with Crippen LogP contribution in [0.1, 0.15) is 18.0 Å². The van der Waals surface area contributed by atoms with Gasteiger partial charge in [0.15, 0.2) is 5.65 Å². The Hall–Kier alpha value is -1.70. The number of aryl methyl sites for hydroxylation is 1. The van der Waals surface area contributed by atoms with Crippen molar-refractivity contribution in [3.63, 3.8) is 0 Å². The maximum absolute atomic E-state index is 6.00. The molecule has 0 saturated carbocycles. The lowest BCUT2D eigenvalue weighted by atomic mass is 10.0. The lowest BCUT2D eigenvalue weighted by molar-refractivity contribution is 0.190. The van der Waals surface area contributed by atoms with Gasteiger partial charge >= 0.3 is 0 Å². The average Bonchev–Trinajstić information content (AvgIpc) is 2.87. The third-order valence-electron chi connectivity index (χ3n) is 3.77. The van der Waals surface area contributed by atoms with E-state index in [0.29, 0.717) is 16.2 Å². The first kappa shape index (κ1) is 17.1. The molecule has 0 saturated heterocycles. The molecule has 2 heterocycles. The van der Waals surface area contributed by atoms with Gasteiger partial charge in [0.05, 0.1) is 11.4 Å². The number of ether oxygens (including phenoxy) is 1. The molecule has 24 heavy (non-hydrogen) atoms. The van der Waals surface area contributed by atoms with Gasteiger partial charge in [-0.15, -0.1) is 0 Å². The van der Waals surface area contributed by atoms with Crippen LogP contribution < -0.4 is 5.32 Å². The highest BCUT2D eigenvalue weighted by Crippen LogP contribution is 2.30. The number of aromatic nitrogens is 4. The molecule has 0 radical (unpaired) electrons. The van der Waals surface area contributed by atoms with Gasteiger partial charge in [0, 0.05) is 25.8 Å². The number of nitrogens with one attached hydrogen (secondary N) is 1. The van der Waals surface area contributed by atoms with E-state index in [9.17, 15) is 0 Å². The number of rotatable bonds is 6. The predicted molar refractivity (Wildman–Crippen MR) is 98.3 cm³/mol. The normalized spacial score (nSPS) is 12.5. The second-order valence-corrected chi connectivity index (χ2v) is 6.55. The summed E-state index contributed by atoms with van der Waals surface area (Å²) in [6, 6.07) is 7.81. The van der Waals surface area contributed by atoms with Crippen LogP contribution in [0.5, 0.6) is 0 Å². The van der Waals surface area contributed by atoms with Gasteiger partial charge in [-0.05, 0) is 40.0 Å². The Labute approximate surface area is 153 Å². The fourth-order valence-electron chi connectivity index (χ4n) is 2.57. The first-order valence-corrected chi connectivity index (χ1v) is 8.61. The van der Waals surface area contributed by atoms with Gasteiger partial charge < -0.3 is 10.1 Å². The first-order chi connectivity index (χ1) is 11.6. The largest absolute Gasteiger partial charge is 0.385 e. The van der Waals surface area contributed by atoms with E-state index in [1.54, 1.807) is 11.8 Å². The predicted octanol–water partition coefficient (Wildman–Crippen LogP) is 3.97. The lowest BCUT2D eigenvalue weighted by Crippen LogP contribution is -2.14. The van der Waals surface area contributed by atoms with E-state index in [1.807, 2.05) is 31.3 Å². The number of hydrogen-bond acceptors (Lipinski definition) is 5. The maximum Gasteiger partial charge on any atom is 0.164 e. The number of hydrogen-bond donors (Lipinski definition) is 1. The fourth-order valence-corrected chi connectivity index (χ4v) is 3.30.